The molecule has 2 aromatic heterocycles. The quantitative estimate of drug-likeness (QED) is 0.307. The van der Waals surface area contributed by atoms with Crippen molar-refractivity contribution >= 4 is 35.1 Å². The summed E-state index contributed by atoms with van der Waals surface area (Å²) in [4.78, 5) is 27.3. The van der Waals surface area contributed by atoms with Crippen LogP contribution in [0.3, 0.4) is 0 Å². The third-order valence-corrected chi connectivity index (χ3v) is 7.67. The van der Waals surface area contributed by atoms with Crippen LogP contribution in [0.25, 0.3) is 17.3 Å². The molecule has 2 saturated heterocycles. The predicted molar refractivity (Wildman–Crippen MR) is 162 cm³/mol. The molecule has 0 radical (unpaired) electrons. The molecule has 3 aromatic rings. The second-order valence-electron chi connectivity index (χ2n) is 10.4. The molecule has 0 bridgehead atoms. The van der Waals surface area contributed by atoms with Gasteiger partial charge in [-0.15, -0.1) is 0 Å². The van der Waals surface area contributed by atoms with Crippen molar-refractivity contribution in [3.05, 3.63) is 77.1 Å². The zero-order chi connectivity index (χ0) is 28.4. The van der Waals surface area contributed by atoms with Crippen LogP contribution in [0.1, 0.15) is 36.8 Å². The number of hydrogen-bond acceptors (Lipinski definition) is 7. The van der Waals surface area contributed by atoms with Crippen molar-refractivity contribution in [2.45, 2.75) is 32.2 Å². The molecule has 0 atom stereocenters. The molecule has 8 nitrogen and oxygen atoms in total. The van der Waals surface area contributed by atoms with Crippen LogP contribution in [0.2, 0.25) is 5.02 Å². The number of halogens is 1. The maximum Gasteiger partial charge on any atom is 0.230 e. The van der Waals surface area contributed by atoms with Gasteiger partial charge in [-0.3, -0.25) is 9.78 Å². The van der Waals surface area contributed by atoms with Crippen molar-refractivity contribution in [2.24, 2.45) is 5.92 Å². The van der Waals surface area contributed by atoms with E-state index in [2.05, 4.69) is 22.0 Å². The molecule has 2 fully saturated rings. The number of carbonyl (C=O) groups is 1. The first-order valence-electron chi connectivity index (χ1n) is 14.3. The van der Waals surface area contributed by atoms with Crippen molar-refractivity contribution in [2.75, 3.05) is 55.9 Å². The van der Waals surface area contributed by atoms with Gasteiger partial charge in [-0.05, 0) is 73.2 Å². The van der Waals surface area contributed by atoms with Gasteiger partial charge in [0, 0.05) is 60.9 Å². The molecule has 0 unspecified atom stereocenters. The van der Waals surface area contributed by atoms with Crippen LogP contribution in [0, 0.1) is 5.92 Å². The lowest BCUT2D eigenvalue weighted by Crippen LogP contribution is -2.38. The van der Waals surface area contributed by atoms with E-state index < -0.39 is 0 Å². The van der Waals surface area contributed by atoms with Crippen LogP contribution in [0.4, 0.5) is 11.5 Å². The van der Waals surface area contributed by atoms with Crippen LogP contribution in [0.5, 0.6) is 0 Å². The van der Waals surface area contributed by atoms with E-state index >= 15 is 0 Å². The van der Waals surface area contributed by atoms with Gasteiger partial charge in [-0.1, -0.05) is 29.8 Å². The zero-order valence-electron chi connectivity index (χ0n) is 23.3. The van der Waals surface area contributed by atoms with Gasteiger partial charge in [0.2, 0.25) is 5.91 Å². The molecule has 4 heterocycles. The largest absolute Gasteiger partial charge is 0.394 e. The molecular formula is C32H37ClN4O4. The summed E-state index contributed by atoms with van der Waals surface area (Å²) >= 11 is 6.51. The number of hydrogen-bond donors (Lipinski definition) is 1. The van der Waals surface area contributed by atoms with Gasteiger partial charge in [-0.2, -0.15) is 0 Å². The second kappa shape index (κ2) is 14.5. The molecule has 1 amide bonds. The zero-order valence-corrected chi connectivity index (χ0v) is 24.0. The fourth-order valence-electron chi connectivity index (χ4n) is 5.25. The van der Waals surface area contributed by atoms with Crippen molar-refractivity contribution in [3.8, 4) is 11.3 Å². The molecule has 0 saturated carbocycles. The number of aromatic nitrogens is 2. The average molecular weight is 577 g/mol. The highest BCUT2D eigenvalue weighted by atomic mass is 35.5. The lowest BCUT2D eigenvalue weighted by molar-refractivity contribution is -0.125. The summed E-state index contributed by atoms with van der Waals surface area (Å²) < 4.78 is 10.8. The first kappa shape index (κ1) is 29.2. The fourth-order valence-corrected chi connectivity index (χ4v) is 5.49. The Kier molecular flexibility index (Phi) is 10.4. The number of amides is 1. The Morgan fingerprint density at radius 1 is 1.10 bits per heavy atom. The summed E-state index contributed by atoms with van der Waals surface area (Å²) in [5, 5.41) is 9.44. The van der Waals surface area contributed by atoms with Crippen molar-refractivity contribution in [1.29, 1.82) is 0 Å². The fraction of sp³-hybridized carbons (Fsp3) is 0.406. The average Bonchev–Trinajstić information content (AvgIpc) is 3.55. The Balaban J connectivity index is 1.35. The molecule has 1 N–H and O–H groups in total. The smallest absolute Gasteiger partial charge is 0.230 e. The van der Waals surface area contributed by atoms with Gasteiger partial charge in [0.25, 0.3) is 0 Å². The third kappa shape index (κ3) is 7.92. The predicted octanol–water partition coefficient (Wildman–Crippen LogP) is 5.38. The molecule has 2 aliphatic heterocycles. The first-order valence-corrected chi connectivity index (χ1v) is 14.7. The SMILES string of the molecule is O=C(C1CCOCC1)N(Cc1ccc(-c2ccc(N3CCCC3)nc2)nc1)c1cc(Cl)cc(/C=C/COCCO)c1. The number of nitrogens with zero attached hydrogens (tertiary/aromatic N) is 4. The Morgan fingerprint density at radius 2 is 1.93 bits per heavy atom. The highest BCUT2D eigenvalue weighted by Crippen LogP contribution is 2.29. The molecule has 5 rings (SSSR count). The molecule has 0 aliphatic carbocycles. The van der Waals surface area contributed by atoms with E-state index in [4.69, 9.17) is 31.2 Å². The number of aliphatic hydroxyl groups excluding tert-OH is 1. The topological polar surface area (TPSA) is 88.0 Å². The normalized spacial score (nSPS) is 16.0. The molecule has 2 aliphatic rings. The van der Waals surface area contributed by atoms with Gasteiger partial charge in [0.05, 0.1) is 32.1 Å². The Morgan fingerprint density at radius 3 is 2.63 bits per heavy atom. The highest BCUT2D eigenvalue weighted by Gasteiger charge is 2.28. The summed E-state index contributed by atoms with van der Waals surface area (Å²) in [5.41, 5.74) is 4.32. The molecule has 9 heteroatoms. The number of pyridine rings is 2. The number of aliphatic hydroxyl groups is 1. The maximum atomic E-state index is 13.8. The van der Waals surface area contributed by atoms with Crippen LogP contribution >= 0.6 is 11.6 Å². The lowest BCUT2D eigenvalue weighted by Gasteiger charge is -2.30. The molecular weight excluding hydrogens is 540 g/mol. The summed E-state index contributed by atoms with van der Waals surface area (Å²) in [5.74, 6) is 0.960. The number of benzene rings is 1. The van der Waals surface area contributed by atoms with E-state index in [1.807, 2.05) is 59.8 Å². The monoisotopic (exact) mass is 576 g/mol. The van der Waals surface area contributed by atoms with E-state index in [0.29, 0.717) is 44.2 Å². The van der Waals surface area contributed by atoms with Gasteiger partial charge >= 0.3 is 0 Å². The Bertz CT molecular complexity index is 1300. The minimum atomic E-state index is -0.110. The summed E-state index contributed by atoms with van der Waals surface area (Å²) in [6.07, 6.45) is 11.3. The van der Waals surface area contributed by atoms with E-state index in [9.17, 15) is 4.79 Å². The molecule has 41 heavy (non-hydrogen) atoms. The standard InChI is InChI=1S/C32H37ClN4O4/c33-28-18-24(4-3-14-40-17-13-38)19-29(20-28)37(32(39)26-9-15-41-16-10-26)23-25-5-7-30(34-21-25)27-6-8-31(35-22-27)36-11-1-2-12-36/h3-8,18-22,26,38H,1-2,9-17,23H2/b4-3+. The Labute approximate surface area is 246 Å². The maximum absolute atomic E-state index is 13.8. The molecule has 1 aromatic carbocycles. The summed E-state index contributed by atoms with van der Waals surface area (Å²) in [6, 6.07) is 13.8. The van der Waals surface area contributed by atoms with E-state index in [1.54, 1.807) is 0 Å². The number of ether oxygens (including phenoxy) is 2. The minimum Gasteiger partial charge on any atom is -0.394 e. The molecule has 216 valence electrons. The highest BCUT2D eigenvalue weighted by molar-refractivity contribution is 6.31. The second-order valence-corrected chi connectivity index (χ2v) is 10.8. The van der Waals surface area contributed by atoms with Crippen molar-refractivity contribution < 1.29 is 19.4 Å². The molecule has 0 spiro atoms. The van der Waals surface area contributed by atoms with E-state index in [1.165, 1.54) is 12.8 Å². The number of rotatable bonds is 11. The van der Waals surface area contributed by atoms with Gasteiger partial charge in [-0.25, -0.2) is 4.98 Å². The van der Waals surface area contributed by atoms with E-state index in [-0.39, 0.29) is 25.0 Å². The van der Waals surface area contributed by atoms with Crippen LogP contribution in [-0.2, 0) is 20.8 Å². The third-order valence-electron chi connectivity index (χ3n) is 7.45. The summed E-state index contributed by atoms with van der Waals surface area (Å²) in [6.45, 7) is 4.31. The number of carbonyl (C=O) groups excluding carboxylic acids is 1. The van der Waals surface area contributed by atoms with Gasteiger partial charge < -0.3 is 24.4 Å². The van der Waals surface area contributed by atoms with Gasteiger partial charge in [0.1, 0.15) is 5.82 Å². The summed E-state index contributed by atoms with van der Waals surface area (Å²) in [7, 11) is 0. The first-order chi connectivity index (χ1) is 20.1. The lowest BCUT2D eigenvalue weighted by atomic mass is 9.97. The van der Waals surface area contributed by atoms with Crippen LogP contribution < -0.4 is 9.80 Å². The minimum absolute atomic E-state index is 0.0177. The Hall–Kier alpha value is -3.30. The number of anilines is 2. The van der Waals surface area contributed by atoms with Gasteiger partial charge in [0.15, 0.2) is 0 Å². The van der Waals surface area contributed by atoms with Crippen molar-refractivity contribution in [1.82, 2.24) is 9.97 Å². The van der Waals surface area contributed by atoms with Crippen LogP contribution in [0.15, 0.2) is 60.9 Å². The van der Waals surface area contributed by atoms with E-state index in [0.717, 1.165) is 47.0 Å². The van der Waals surface area contributed by atoms with Crippen molar-refractivity contribution in [3.63, 3.8) is 0 Å². The van der Waals surface area contributed by atoms with Crippen LogP contribution in [-0.4, -0.2) is 67.1 Å².